The Morgan fingerprint density at radius 1 is 1.33 bits per heavy atom. The van der Waals surface area contributed by atoms with E-state index in [0.717, 1.165) is 19.4 Å². The number of nitrogens with zero attached hydrogens (tertiary/aromatic N) is 1. The Bertz CT molecular complexity index is 75.0. The van der Waals surface area contributed by atoms with Gasteiger partial charge < -0.3 is 10.0 Å². The monoisotopic (exact) mass is 130 g/mol. The van der Waals surface area contributed by atoms with Gasteiger partial charge in [-0.25, -0.2) is 0 Å². The van der Waals surface area contributed by atoms with Crippen molar-refractivity contribution in [2.24, 2.45) is 0 Å². The summed E-state index contributed by atoms with van der Waals surface area (Å²) in [4.78, 5) is 2.31. The molecule has 1 aliphatic heterocycles. The minimum Gasteiger partial charge on any atom is -0.443 e. The fourth-order valence-electron chi connectivity index (χ4n) is 1.24. The molecule has 1 heterocycles. The van der Waals surface area contributed by atoms with Gasteiger partial charge >= 0.3 is 0 Å². The zero-order valence-corrected chi connectivity index (χ0v) is 6.06. The molecule has 9 heavy (non-hydrogen) atoms. The quantitative estimate of drug-likeness (QED) is 0.430. The van der Waals surface area contributed by atoms with Crippen LogP contribution >= 0.6 is 0 Å². The molecule has 0 bridgehead atoms. The van der Waals surface area contributed by atoms with Crippen LogP contribution in [0.4, 0.5) is 0 Å². The van der Waals surface area contributed by atoms with Crippen LogP contribution in [-0.4, -0.2) is 36.2 Å². The number of hydrogen-bond acceptors (Lipinski definition) is 1. The SMILES string of the molecule is CN1CCCC([OH2+])CC1. The van der Waals surface area contributed by atoms with Crippen LogP contribution in [0.15, 0.2) is 0 Å². The van der Waals surface area contributed by atoms with Gasteiger partial charge in [0.1, 0.15) is 0 Å². The molecule has 2 nitrogen and oxygen atoms in total. The Labute approximate surface area is 56.5 Å². The summed E-state index contributed by atoms with van der Waals surface area (Å²) in [5, 5.41) is 7.48. The van der Waals surface area contributed by atoms with E-state index in [2.05, 4.69) is 11.9 Å². The number of rotatable bonds is 0. The fraction of sp³-hybridized carbons (Fsp3) is 1.00. The van der Waals surface area contributed by atoms with Crippen LogP contribution < -0.4 is 0 Å². The molecule has 1 unspecified atom stereocenters. The van der Waals surface area contributed by atoms with Crippen molar-refractivity contribution < 1.29 is 5.11 Å². The lowest BCUT2D eigenvalue weighted by Gasteiger charge is -2.10. The third-order valence-electron chi connectivity index (χ3n) is 1.95. The molecule has 1 aliphatic rings. The Hall–Kier alpha value is -0.0800. The third-order valence-corrected chi connectivity index (χ3v) is 1.95. The van der Waals surface area contributed by atoms with Crippen LogP contribution in [0, 0.1) is 0 Å². The molecule has 0 spiro atoms. The molecule has 0 aromatic carbocycles. The van der Waals surface area contributed by atoms with Crippen LogP contribution in [0.2, 0.25) is 0 Å². The van der Waals surface area contributed by atoms with E-state index in [1.807, 2.05) is 0 Å². The molecule has 1 fully saturated rings. The van der Waals surface area contributed by atoms with Crippen LogP contribution in [0.25, 0.3) is 0 Å². The van der Waals surface area contributed by atoms with Gasteiger partial charge in [0.15, 0.2) is 6.10 Å². The summed E-state index contributed by atoms with van der Waals surface area (Å²) in [5.41, 5.74) is 0. The summed E-state index contributed by atoms with van der Waals surface area (Å²) in [6.45, 7) is 2.31. The standard InChI is InChI=1S/C7H15NO/c1-8-5-2-3-7(9)4-6-8/h7,9H,2-6H2,1H3/p+1. The molecule has 54 valence electrons. The molecule has 0 radical (unpaired) electrons. The van der Waals surface area contributed by atoms with E-state index in [1.165, 1.54) is 13.0 Å². The Balaban J connectivity index is 2.25. The summed E-state index contributed by atoms with van der Waals surface area (Å²) in [7, 11) is 2.14. The maximum absolute atomic E-state index is 7.48. The first-order chi connectivity index (χ1) is 4.29. The summed E-state index contributed by atoms with van der Waals surface area (Å²) in [6.07, 6.45) is 3.60. The molecule has 1 rings (SSSR count). The zero-order chi connectivity index (χ0) is 6.69. The van der Waals surface area contributed by atoms with Crippen LogP contribution in [0.5, 0.6) is 0 Å². The van der Waals surface area contributed by atoms with E-state index in [-0.39, 0.29) is 6.10 Å². The highest BCUT2D eigenvalue weighted by atomic mass is 16.3. The van der Waals surface area contributed by atoms with Gasteiger partial charge in [0.05, 0.1) is 0 Å². The number of hydrogen-bond donors (Lipinski definition) is 0. The molecular formula is C7H16NO+. The predicted octanol–water partition coefficient (Wildman–Crippen LogP) is 0.195. The van der Waals surface area contributed by atoms with Crippen LogP contribution in [0.3, 0.4) is 0 Å². The Morgan fingerprint density at radius 3 is 2.89 bits per heavy atom. The van der Waals surface area contributed by atoms with Crippen molar-refractivity contribution in [2.45, 2.75) is 25.4 Å². The molecule has 0 aromatic rings. The molecule has 0 saturated carbocycles. The summed E-state index contributed by atoms with van der Waals surface area (Å²) < 4.78 is 0. The van der Waals surface area contributed by atoms with Crippen LogP contribution in [0.1, 0.15) is 19.3 Å². The highest BCUT2D eigenvalue weighted by molar-refractivity contribution is 4.65. The van der Waals surface area contributed by atoms with E-state index >= 15 is 0 Å². The van der Waals surface area contributed by atoms with Gasteiger partial charge in [0.25, 0.3) is 0 Å². The van der Waals surface area contributed by atoms with Crippen molar-refractivity contribution in [2.75, 3.05) is 20.1 Å². The smallest absolute Gasteiger partial charge is 0.154 e. The second-order valence-electron chi connectivity index (χ2n) is 2.93. The van der Waals surface area contributed by atoms with E-state index < -0.39 is 0 Å². The van der Waals surface area contributed by atoms with Gasteiger partial charge in [0, 0.05) is 19.4 Å². The average molecular weight is 130 g/mol. The van der Waals surface area contributed by atoms with Crippen molar-refractivity contribution in [3.05, 3.63) is 0 Å². The minimum absolute atomic E-state index is 0.218. The first kappa shape index (κ1) is 7.03. The van der Waals surface area contributed by atoms with Gasteiger partial charge in [0.2, 0.25) is 0 Å². The summed E-state index contributed by atoms with van der Waals surface area (Å²) in [6, 6.07) is 0. The van der Waals surface area contributed by atoms with E-state index in [1.54, 1.807) is 0 Å². The highest BCUT2D eigenvalue weighted by Gasteiger charge is 2.13. The molecule has 2 N–H and O–H groups in total. The minimum atomic E-state index is 0.218. The van der Waals surface area contributed by atoms with Gasteiger partial charge in [-0.3, -0.25) is 0 Å². The summed E-state index contributed by atoms with van der Waals surface area (Å²) in [5.74, 6) is 0. The molecule has 1 saturated heterocycles. The summed E-state index contributed by atoms with van der Waals surface area (Å²) >= 11 is 0. The van der Waals surface area contributed by atoms with E-state index in [9.17, 15) is 0 Å². The second-order valence-corrected chi connectivity index (χ2v) is 2.93. The lowest BCUT2D eigenvalue weighted by atomic mass is 10.2. The molecule has 1 atom stereocenters. The number of likely N-dealkylation sites (tertiary alicyclic amines) is 1. The topological polar surface area (TPSA) is 26.1 Å². The van der Waals surface area contributed by atoms with Gasteiger partial charge in [-0.2, -0.15) is 0 Å². The van der Waals surface area contributed by atoms with Crippen molar-refractivity contribution >= 4 is 0 Å². The normalized spacial score (nSPS) is 32.0. The fourth-order valence-corrected chi connectivity index (χ4v) is 1.24. The molecule has 0 aliphatic carbocycles. The Kier molecular flexibility index (Phi) is 2.49. The van der Waals surface area contributed by atoms with Gasteiger partial charge in [-0.05, 0) is 20.0 Å². The van der Waals surface area contributed by atoms with Gasteiger partial charge in [-0.1, -0.05) is 0 Å². The predicted molar refractivity (Wildman–Crippen MR) is 38.7 cm³/mol. The first-order valence-electron chi connectivity index (χ1n) is 3.68. The van der Waals surface area contributed by atoms with E-state index in [4.69, 9.17) is 5.11 Å². The van der Waals surface area contributed by atoms with Crippen molar-refractivity contribution in [3.8, 4) is 0 Å². The molecule has 2 heteroatoms. The maximum atomic E-state index is 7.48. The molecular weight excluding hydrogens is 114 g/mol. The van der Waals surface area contributed by atoms with E-state index in [0.29, 0.717) is 0 Å². The Morgan fingerprint density at radius 2 is 2.11 bits per heavy atom. The van der Waals surface area contributed by atoms with Gasteiger partial charge in [-0.15, -0.1) is 0 Å². The lowest BCUT2D eigenvalue weighted by molar-refractivity contribution is 0.157. The maximum Gasteiger partial charge on any atom is 0.154 e. The molecule has 0 amide bonds. The second kappa shape index (κ2) is 3.18. The largest absolute Gasteiger partial charge is 0.443 e. The molecule has 0 aromatic heterocycles. The zero-order valence-electron chi connectivity index (χ0n) is 6.06. The average Bonchev–Trinajstić information content (AvgIpc) is 1.97. The van der Waals surface area contributed by atoms with Crippen LogP contribution in [-0.2, 0) is 0 Å². The van der Waals surface area contributed by atoms with Crippen molar-refractivity contribution in [3.63, 3.8) is 0 Å². The highest BCUT2D eigenvalue weighted by Crippen LogP contribution is 2.08. The lowest BCUT2D eigenvalue weighted by Crippen LogP contribution is -2.19. The van der Waals surface area contributed by atoms with Crippen molar-refractivity contribution in [1.29, 1.82) is 0 Å². The third kappa shape index (κ3) is 2.33. The first-order valence-corrected chi connectivity index (χ1v) is 3.68. The van der Waals surface area contributed by atoms with Crippen molar-refractivity contribution in [1.82, 2.24) is 4.90 Å².